The lowest BCUT2D eigenvalue weighted by Gasteiger charge is -2.23. The molecule has 3 heterocycles. The molecule has 0 radical (unpaired) electrons. The van der Waals surface area contributed by atoms with Gasteiger partial charge in [-0.3, -0.25) is 9.58 Å². The van der Waals surface area contributed by atoms with Crippen molar-refractivity contribution in [1.82, 2.24) is 29.7 Å². The van der Waals surface area contributed by atoms with Gasteiger partial charge in [-0.2, -0.15) is 5.10 Å². The number of aromatic carboxylic acids is 1. The van der Waals surface area contributed by atoms with Gasteiger partial charge in [0, 0.05) is 63.5 Å². The fourth-order valence-corrected chi connectivity index (χ4v) is 6.49. The molecule has 0 bridgehead atoms. The van der Waals surface area contributed by atoms with Gasteiger partial charge in [-0.15, -0.1) is 5.10 Å². The van der Waals surface area contributed by atoms with Crippen LogP contribution in [0.1, 0.15) is 58.1 Å². The largest absolute Gasteiger partial charge is 0.478 e. The van der Waals surface area contributed by atoms with E-state index in [-0.39, 0.29) is 17.4 Å². The predicted molar refractivity (Wildman–Crippen MR) is 166 cm³/mol. The third-order valence-electron chi connectivity index (χ3n) is 8.73. The van der Waals surface area contributed by atoms with Crippen molar-refractivity contribution in [1.29, 1.82) is 0 Å². The highest BCUT2D eigenvalue weighted by Crippen LogP contribution is 2.55. The quantitative estimate of drug-likeness (QED) is 0.263. The van der Waals surface area contributed by atoms with Crippen molar-refractivity contribution < 1.29 is 9.90 Å². The van der Waals surface area contributed by atoms with Crippen molar-refractivity contribution in [3.05, 3.63) is 113 Å². The molecule has 5 aromatic rings. The highest BCUT2D eigenvalue weighted by atomic mass is 16.4. The molecule has 0 spiro atoms. The normalized spacial score (nSPS) is 18.3. The molecule has 218 valence electrons. The van der Waals surface area contributed by atoms with Crippen LogP contribution in [0.5, 0.6) is 0 Å². The minimum absolute atomic E-state index is 0.0275. The molecule has 1 fully saturated rings. The Labute approximate surface area is 251 Å². The number of aryl methyl sites for hydroxylation is 1. The molecule has 1 saturated carbocycles. The van der Waals surface area contributed by atoms with Crippen LogP contribution >= 0.6 is 0 Å². The van der Waals surface area contributed by atoms with Gasteiger partial charge in [0.05, 0.1) is 23.3 Å². The van der Waals surface area contributed by atoms with Gasteiger partial charge in [0.1, 0.15) is 5.56 Å². The second-order valence-electron chi connectivity index (χ2n) is 11.6. The molecule has 2 atom stereocenters. The van der Waals surface area contributed by atoms with E-state index in [1.807, 2.05) is 25.4 Å². The van der Waals surface area contributed by atoms with E-state index >= 15 is 0 Å². The number of benzene rings is 3. The van der Waals surface area contributed by atoms with Crippen LogP contribution < -0.4 is 4.90 Å². The molecule has 1 aliphatic carbocycles. The maximum Gasteiger partial charge on any atom is 0.339 e. The van der Waals surface area contributed by atoms with E-state index in [1.54, 1.807) is 9.36 Å². The SMILES string of the molecule is CCN1CCN(Cc2cccc(-c3cccc(-n4ncc(C(=O)O)c4C4C[C@H]4c4cn(C)nn4)c3)c2)Cc2ccccc21. The fraction of sp³-hybridized carbons (Fsp3) is 0.294. The number of carbonyl (C=O) groups is 1. The summed E-state index contributed by atoms with van der Waals surface area (Å²) in [5.41, 5.74) is 8.87. The molecule has 2 aromatic heterocycles. The number of carboxylic acid groups (broad SMARTS) is 1. The fourth-order valence-electron chi connectivity index (χ4n) is 6.49. The van der Waals surface area contributed by atoms with Crippen molar-refractivity contribution >= 4 is 11.7 Å². The number of hydrogen-bond acceptors (Lipinski definition) is 6. The van der Waals surface area contributed by atoms with Crippen LogP contribution in [0, 0.1) is 0 Å². The summed E-state index contributed by atoms with van der Waals surface area (Å²) >= 11 is 0. The van der Waals surface area contributed by atoms with E-state index < -0.39 is 5.97 Å². The lowest BCUT2D eigenvalue weighted by atomic mass is 10.0. The maximum atomic E-state index is 12.2. The summed E-state index contributed by atoms with van der Waals surface area (Å²) < 4.78 is 3.48. The first-order valence-electron chi connectivity index (χ1n) is 14.9. The Balaban J connectivity index is 1.15. The Bertz CT molecular complexity index is 1790. The van der Waals surface area contributed by atoms with Crippen LogP contribution in [-0.2, 0) is 20.1 Å². The molecule has 43 heavy (non-hydrogen) atoms. The van der Waals surface area contributed by atoms with Gasteiger partial charge in [-0.25, -0.2) is 9.48 Å². The molecule has 9 nitrogen and oxygen atoms in total. The number of rotatable bonds is 8. The Kier molecular flexibility index (Phi) is 7.02. The topological polar surface area (TPSA) is 92.3 Å². The van der Waals surface area contributed by atoms with Gasteiger partial charge in [0.25, 0.3) is 0 Å². The molecular formula is C34H35N7O2. The molecule has 1 unspecified atom stereocenters. The van der Waals surface area contributed by atoms with Crippen LogP contribution in [0.3, 0.4) is 0 Å². The van der Waals surface area contributed by atoms with Crippen molar-refractivity contribution in [2.45, 2.75) is 38.3 Å². The van der Waals surface area contributed by atoms with Gasteiger partial charge in [-0.05, 0) is 59.9 Å². The Morgan fingerprint density at radius 1 is 0.977 bits per heavy atom. The van der Waals surface area contributed by atoms with Crippen molar-refractivity contribution in [2.75, 3.05) is 24.5 Å². The first-order valence-corrected chi connectivity index (χ1v) is 14.9. The van der Waals surface area contributed by atoms with Crippen LogP contribution in [0.15, 0.2) is 85.2 Å². The lowest BCUT2D eigenvalue weighted by Crippen LogP contribution is -2.31. The zero-order valence-electron chi connectivity index (χ0n) is 24.5. The summed E-state index contributed by atoms with van der Waals surface area (Å²) in [7, 11) is 1.84. The predicted octanol–water partition coefficient (Wildman–Crippen LogP) is 5.48. The van der Waals surface area contributed by atoms with E-state index in [1.165, 1.54) is 23.0 Å². The summed E-state index contributed by atoms with van der Waals surface area (Å²) in [6.07, 6.45) is 4.20. The smallest absolute Gasteiger partial charge is 0.339 e. The minimum atomic E-state index is -0.965. The third-order valence-corrected chi connectivity index (χ3v) is 8.73. The number of aromatic nitrogens is 5. The number of likely N-dealkylation sites (N-methyl/N-ethyl adjacent to an activating group) is 1. The first-order chi connectivity index (χ1) is 21.0. The molecule has 2 aliphatic rings. The molecule has 7 rings (SSSR count). The number of hydrogen-bond donors (Lipinski definition) is 1. The van der Waals surface area contributed by atoms with E-state index in [9.17, 15) is 9.90 Å². The average Bonchev–Trinajstić information content (AvgIpc) is 3.54. The lowest BCUT2D eigenvalue weighted by molar-refractivity contribution is 0.0695. The molecule has 1 N–H and O–H groups in total. The summed E-state index contributed by atoms with van der Waals surface area (Å²) in [6.45, 7) is 7.04. The minimum Gasteiger partial charge on any atom is -0.478 e. The monoisotopic (exact) mass is 573 g/mol. The van der Waals surface area contributed by atoms with Crippen molar-refractivity contribution in [3.63, 3.8) is 0 Å². The summed E-state index contributed by atoms with van der Waals surface area (Å²) in [5, 5.41) is 22.9. The zero-order chi connectivity index (χ0) is 29.5. The van der Waals surface area contributed by atoms with Crippen LogP contribution in [-0.4, -0.2) is 60.4 Å². The van der Waals surface area contributed by atoms with E-state index in [4.69, 9.17) is 0 Å². The van der Waals surface area contributed by atoms with Gasteiger partial charge >= 0.3 is 5.97 Å². The Morgan fingerprint density at radius 2 is 1.79 bits per heavy atom. The number of carboxylic acids is 1. The molecule has 0 amide bonds. The number of fused-ring (bicyclic) bond motifs is 1. The average molecular weight is 574 g/mol. The molecule has 9 heteroatoms. The number of para-hydroxylation sites is 1. The van der Waals surface area contributed by atoms with Crippen molar-refractivity contribution in [2.24, 2.45) is 7.05 Å². The van der Waals surface area contributed by atoms with Crippen LogP contribution in [0.25, 0.3) is 16.8 Å². The standard InChI is InChI=1S/C34H35N7O2/c1-3-40-15-14-39(21-26-9-4-5-13-32(26)40)20-23-8-6-10-24(16-23)25-11-7-12-27(17-25)41-33(30(19-35-41)34(42)43)29-18-28(29)31-22-38(2)37-36-31/h4-13,16-17,19,22,28-29H,3,14-15,18,20-21H2,1-2H3,(H,42,43)/t28-,29?/m1/s1. The zero-order valence-corrected chi connectivity index (χ0v) is 24.5. The highest BCUT2D eigenvalue weighted by molar-refractivity contribution is 5.89. The third kappa shape index (κ3) is 5.32. The van der Waals surface area contributed by atoms with E-state index in [0.717, 1.165) is 67.3 Å². The summed E-state index contributed by atoms with van der Waals surface area (Å²) in [6, 6.07) is 25.7. The second kappa shape index (κ2) is 11.1. The molecule has 0 saturated heterocycles. The van der Waals surface area contributed by atoms with Crippen LogP contribution in [0.4, 0.5) is 5.69 Å². The van der Waals surface area contributed by atoms with Gasteiger partial charge < -0.3 is 10.0 Å². The summed E-state index contributed by atoms with van der Waals surface area (Å²) in [5.74, 6) is -0.801. The molecule has 1 aliphatic heterocycles. The van der Waals surface area contributed by atoms with Gasteiger partial charge in [0.2, 0.25) is 0 Å². The highest BCUT2D eigenvalue weighted by Gasteiger charge is 2.46. The maximum absolute atomic E-state index is 12.2. The Hall–Kier alpha value is -4.76. The second-order valence-corrected chi connectivity index (χ2v) is 11.6. The van der Waals surface area contributed by atoms with E-state index in [0.29, 0.717) is 0 Å². The van der Waals surface area contributed by atoms with Gasteiger partial charge in [-0.1, -0.05) is 53.7 Å². The van der Waals surface area contributed by atoms with Crippen molar-refractivity contribution in [3.8, 4) is 16.8 Å². The van der Waals surface area contributed by atoms with Gasteiger partial charge in [0.15, 0.2) is 0 Å². The Morgan fingerprint density at radius 3 is 2.58 bits per heavy atom. The van der Waals surface area contributed by atoms with E-state index in [2.05, 4.69) is 92.8 Å². The molecular weight excluding hydrogens is 538 g/mol. The number of anilines is 1. The molecule has 3 aromatic carbocycles. The summed E-state index contributed by atoms with van der Waals surface area (Å²) in [4.78, 5) is 17.2. The first kappa shape index (κ1) is 27.1. The number of nitrogens with zero attached hydrogens (tertiary/aromatic N) is 7. The van der Waals surface area contributed by atoms with Crippen LogP contribution in [0.2, 0.25) is 0 Å².